The molecule has 3 atom stereocenters. The summed E-state index contributed by atoms with van der Waals surface area (Å²) >= 11 is 0. The molecule has 0 aromatic heterocycles. The van der Waals surface area contributed by atoms with Crippen LogP contribution in [-0.4, -0.2) is 73.4 Å². The van der Waals surface area contributed by atoms with Gasteiger partial charge >= 0.3 is 7.82 Å². The number of nitrogens with zero attached hydrogens (tertiary/aromatic N) is 1. The lowest BCUT2D eigenvalue weighted by molar-refractivity contribution is -0.870. The Kier molecular flexibility index (Phi) is 41.3. The first kappa shape index (κ1) is 58.7. The van der Waals surface area contributed by atoms with Gasteiger partial charge in [-0.2, -0.15) is 0 Å². The van der Waals surface area contributed by atoms with Crippen LogP contribution in [0.5, 0.6) is 0 Å². The van der Waals surface area contributed by atoms with Crippen molar-refractivity contribution in [1.29, 1.82) is 0 Å². The molecule has 3 N–H and O–H groups in total. The number of aliphatic hydroxyl groups excluding tert-OH is 1. The molecule has 1 amide bonds. The molecule has 0 spiro atoms. The predicted octanol–water partition coefficient (Wildman–Crippen LogP) is 14.1. The number of rotatable bonds is 43. The van der Waals surface area contributed by atoms with Gasteiger partial charge in [0, 0.05) is 6.42 Å². The number of phosphoric ester groups is 1. The Morgan fingerprint density at radius 2 is 0.984 bits per heavy atom. The quantitative estimate of drug-likeness (QED) is 0.0244. The fourth-order valence-electron chi connectivity index (χ4n) is 6.51. The van der Waals surface area contributed by atoms with Crippen molar-refractivity contribution in [2.24, 2.45) is 0 Å². The highest BCUT2D eigenvalue weighted by molar-refractivity contribution is 7.47. The molecule has 9 heteroatoms. The first-order valence-electron chi connectivity index (χ1n) is 24.5. The molecule has 0 aliphatic carbocycles. The van der Waals surface area contributed by atoms with Gasteiger partial charge in [-0.15, -0.1) is 0 Å². The van der Waals surface area contributed by atoms with Gasteiger partial charge in [-0.1, -0.05) is 195 Å². The van der Waals surface area contributed by atoms with Crippen LogP contribution >= 0.6 is 7.82 Å². The Morgan fingerprint density at radius 1 is 0.574 bits per heavy atom. The summed E-state index contributed by atoms with van der Waals surface area (Å²) in [5.74, 6) is -0.222. The Labute approximate surface area is 376 Å². The molecule has 0 saturated carbocycles. The minimum atomic E-state index is -4.36. The SMILES string of the molecule is CC/C=C\C/C=C\C/C=C\C/C=C\C/C=C\C/C=C\CCCCC(=O)NC(COP(=O)(O)OCC[N+](C)(C)C)C(O)/C=C/CCCCCCCCCCCCCCCCCC. The number of nitrogens with one attached hydrogen (secondary N) is 1. The van der Waals surface area contributed by atoms with Gasteiger partial charge in [0.05, 0.1) is 39.9 Å². The number of quaternary nitrogens is 1. The Bertz CT molecular complexity index is 1260. The molecule has 0 heterocycles. The van der Waals surface area contributed by atoms with E-state index < -0.39 is 20.0 Å². The summed E-state index contributed by atoms with van der Waals surface area (Å²) in [7, 11) is 1.53. The summed E-state index contributed by atoms with van der Waals surface area (Å²) in [6.07, 6.45) is 59.4. The van der Waals surface area contributed by atoms with E-state index >= 15 is 0 Å². The lowest BCUT2D eigenvalue weighted by Gasteiger charge is -2.25. The van der Waals surface area contributed by atoms with Crippen LogP contribution in [0, 0.1) is 0 Å². The van der Waals surface area contributed by atoms with Gasteiger partial charge in [-0.25, -0.2) is 4.57 Å². The van der Waals surface area contributed by atoms with Crippen LogP contribution in [0.1, 0.15) is 187 Å². The second-order valence-electron chi connectivity index (χ2n) is 17.5. The van der Waals surface area contributed by atoms with Crippen LogP contribution in [-0.2, 0) is 18.4 Å². The maximum atomic E-state index is 12.9. The molecule has 0 aromatic rings. The number of carbonyl (C=O) groups is 1. The lowest BCUT2D eigenvalue weighted by atomic mass is 10.0. The molecular formula is C52H94N2O6P+. The highest BCUT2D eigenvalue weighted by Gasteiger charge is 2.27. The first-order valence-corrected chi connectivity index (χ1v) is 26.0. The smallest absolute Gasteiger partial charge is 0.387 e. The Balaban J connectivity index is 4.47. The van der Waals surface area contributed by atoms with Crippen LogP contribution in [0.25, 0.3) is 0 Å². The third-order valence-electron chi connectivity index (χ3n) is 10.4. The van der Waals surface area contributed by atoms with E-state index in [-0.39, 0.29) is 19.1 Å². The standard InChI is InChI=1S/C52H93N2O6P/c1-6-8-10-12-14-16-18-20-22-24-26-27-28-30-32-34-36-38-40-42-44-46-52(56)53-50(49-60-61(57,58)59-48-47-54(3,4)5)51(55)45-43-41-39-37-35-33-31-29-25-23-21-19-17-15-13-11-9-7-2/h8,10,14,16,20,22,26-27,30,32,36,38,43,45,50-51,55H,6-7,9,11-13,15,17-19,21,23-25,28-29,31,33-35,37,39-42,44,46-49H2,1-5H3,(H-,53,56,57,58)/p+1/b10-8-,16-14-,22-20-,27-26-,32-30-,38-36-,45-43+. The van der Waals surface area contributed by atoms with Crippen molar-refractivity contribution >= 4 is 13.7 Å². The monoisotopic (exact) mass is 874 g/mol. The summed E-state index contributed by atoms with van der Waals surface area (Å²) in [5, 5.41) is 13.8. The molecular weight excluding hydrogens is 780 g/mol. The average molecular weight is 874 g/mol. The van der Waals surface area contributed by atoms with E-state index in [1.807, 2.05) is 27.2 Å². The molecule has 3 unspecified atom stereocenters. The van der Waals surface area contributed by atoms with Gasteiger partial charge in [0.25, 0.3) is 0 Å². The fourth-order valence-corrected chi connectivity index (χ4v) is 7.25. The molecule has 0 radical (unpaired) electrons. The largest absolute Gasteiger partial charge is 0.472 e. The number of amides is 1. The molecule has 61 heavy (non-hydrogen) atoms. The van der Waals surface area contributed by atoms with E-state index in [2.05, 4.69) is 92.1 Å². The van der Waals surface area contributed by atoms with E-state index in [1.54, 1.807) is 6.08 Å². The molecule has 352 valence electrons. The zero-order chi connectivity index (χ0) is 45.0. The maximum Gasteiger partial charge on any atom is 0.472 e. The normalized spacial score (nSPS) is 14.9. The van der Waals surface area contributed by atoms with Crippen molar-refractivity contribution in [2.45, 2.75) is 199 Å². The number of carbonyl (C=O) groups excluding carboxylic acids is 1. The topological polar surface area (TPSA) is 105 Å². The van der Waals surface area contributed by atoms with Crippen LogP contribution < -0.4 is 5.32 Å². The zero-order valence-corrected chi connectivity index (χ0v) is 40.8. The van der Waals surface area contributed by atoms with Crippen molar-refractivity contribution in [1.82, 2.24) is 5.32 Å². The van der Waals surface area contributed by atoms with E-state index in [1.165, 1.54) is 89.9 Å². The number of hydrogen-bond acceptors (Lipinski definition) is 5. The summed E-state index contributed by atoms with van der Waals surface area (Å²) in [5.41, 5.74) is 0. The van der Waals surface area contributed by atoms with E-state index in [4.69, 9.17) is 9.05 Å². The van der Waals surface area contributed by atoms with Crippen LogP contribution in [0.2, 0.25) is 0 Å². The number of likely N-dealkylation sites (N-methyl/N-ethyl adjacent to an activating group) is 1. The molecule has 0 aliphatic rings. The molecule has 0 fully saturated rings. The number of aliphatic hydroxyl groups is 1. The molecule has 0 aliphatic heterocycles. The minimum Gasteiger partial charge on any atom is -0.387 e. The second-order valence-corrected chi connectivity index (χ2v) is 18.9. The van der Waals surface area contributed by atoms with E-state index in [0.717, 1.165) is 70.6 Å². The number of hydrogen-bond donors (Lipinski definition) is 3. The van der Waals surface area contributed by atoms with Crippen molar-refractivity contribution in [2.75, 3.05) is 40.9 Å². The Morgan fingerprint density at radius 3 is 1.44 bits per heavy atom. The third-order valence-corrected chi connectivity index (χ3v) is 11.4. The zero-order valence-electron chi connectivity index (χ0n) is 39.9. The van der Waals surface area contributed by atoms with Crippen LogP contribution in [0.15, 0.2) is 85.1 Å². The molecule has 0 saturated heterocycles. The van der Waals surface area contributed by atoms with Gasteiger partial charge in [0.15, 0.2) is 0 Å². The second kappa shape index (κ2) is 43.0. The van der Waals surface area contributed by atoms with Crippen LogP contribution in [0.4, 0.5) is 0 Å². The number of unbranched alkanes of at least 4 members (excludes halogenated alkanes) is 18. The highest BCUT2D eigenvalue weighted by atomic mass is 31.2. The van der Waals surface area contributed by atoms with Crippen molar-refractivity contribution in [3.63, 3.8) is 0 Å². The van der Waals surface area contributed by atoms with Gasteiger partial charge in [-0.3, -0.25) is 13.8 Å². The molecule has 0 aromatic carbocycles. The third kappa shape index (κ3) is 45.5. The maximum absolute atomic E-state index is 12.9. The van der Waals surface area contributed by atoms with Crippen molar-refractivity contribution < 1.29 is 32.9 Å². The van der Waals surface area contributed by atoms with Crippen molar-refractivity contribution in [3.05, 3.63) is 85.1 Å². The molecule has 0 rings (SSSR count). The van der Waals surface area contributed by atoms with E-state index in [0.29, 0.717) is 23.9 Å². The summed E-state index contributed by atoms with van der Waals surface area (Å²) in [6, 6.07) is -0.875. The minimum absolute atomic E-state index is 0.0484. The predicted molar refractivity (Wildman–Crippen MR) is 263 cm³/mol. The summed E-state index contributed by atoms with van der Waals surface area (Å²) in [6.45, 7) is 4.66. The average Bonchev–Trinajstić information content (AvgIpc) is 3.21. The molecule has 0 bridgehead atoms. The van der Waals surface area contributed by atoms with Gasteiger partial charge in [-0.05, 0) is 70.6 Å². The molecule has 8 nitrogen and oxygen atoms in total. The highest BCUT2D eigenvalue weighted by Crippen LogP contribution is 2.43. The number of phosphoric acid groups is 1. The first-order chi connectivity index (χ1) is 29.5. The van der Waals surface area contributed by atoms with Gasteiger partial charge in [0.1, 0.15) is 13.2 Å². The van der Waals surface area contributed by atoms with Gasteiger partial charge < -0.3 is 19.8 Å². The van der Waals surface area contributed by atoms with Crippen molar-refractivity contribution in [3.8, 4) is 0 Å². The van der Waals surface area contributed by atoms with Gasteiger partial charge in [0.2, 0.25) is 5.91 Å². The van der Waals surface area contributed by atoms with E-state index in [9.17, 15) is 19.4 Å². The number of allylic oxidation sites excluding steroid dienone is 13. The summed E-state index contributed by atoms with van der Waals surface area (Å²) < 4.78 is 23.6. The summed E-state index contributed by atoms with van der Waals surface area (Å²) in [4.78, 5) is 23.2. The fraction of sp³-hybridized carbons (Fsp3) is 0.712. The Hall–Kier alpha value is -2.32. The van der Waals surface area contributed by atoms with Crippen LogP contribution in [0.3, 0.4) is 0 Å². The lowest BCUT2D eigenvalue weighted by Crippen LogP contribution is -2.45.